The van der Waals surface area contributed by atoms with E-state index < -0.39 is 10.0 Å². The Bertz CT molecular complexity index is 908. The summed E-state index contributed by atoms with van der Waals surface area (Å²) in [4.78, 5) is 0.234. The second-order valence-corrected chi connectivity index (χ2v) is 7.64. The largest absolute Gasteiger partial charge is 0.457 e. The molecule has 0 amide bonds. The molecule has 0 saturated heterocycles. The quantitative estimate of drug-likeness (QED) is 0.601. The van der Waals surface area contributed by atoms with E-state index in [9.17, 15) is 8.42 Å². The average molecular weight is 367 g/mol. The molecule has 4 nitrogen and oxygen atoms in total. The molecule has 26 heavy (non-hydrogen) atoms. The fraction of sp³-hybridized carbons (Fsp3) is 0.143. The van der Waals surface area contributed by atoms with E-state index in [-0.39, 0.29) is 4.90 Å². The lowest BCUT2D eigenvalue weighted by Gasteiger charge is -2.09. The summed E-state index contributed by atoms with van der Waals surface area (Å²) >= 11 is 0. The number of benzene rings is 3. The maximum absolute atomic E-state index is 12.4. The Balaban J connectivity index is 1.53. The fourth-order valence-corrected chi connectivity index (χ4v) is 3.61. The van der Waals surface area contributed by atoms with Crippen molar-refractivity contribution in [1.29, 1.82) is 0 Å². The summed E-state index contributed by atoms with van der Waals surface area (Å²) in [6, 6.07) is 25.8. The molecule has 0 unspecified atom stereocenters. The highest BCUT2D eigenvalue weighted by atomic mass is 32.2. The number of hydrogen-bond donors (Lipinski definition) is 1. The molecule has 0 bridgehead atoms. The molecule has 3 rings (SSSR count). The molecule has 0 aliphatic carbocycles. The zero-order valence-electron chi connectivity index (χ0n) is 14.3. The Morgan fingerprint density at radius 3 is 1.96 bits per heavy atom. The third kappa shape index (κ3) is 5.18. The minimum Gasteiger partial charge on any atom is -0.457 e. The van der Waals surface area contributed by atoms with E-state index in [1.165, 1.54) is 5.56 Å². The Labute approximate surface area is 154 Å². The number of hydrogen-bond acceptors (Lipinski definition) is 3. The van der Waals surface area contributed by atoms with Crippen LogP contribution in [0.1, 0.15) is 12.0 Å². The summed E-state index contributed by atoms with van der Waals surface area (Å²) < 4.78 is 33.0. The smallest absolute Gasteiger partial charge is 0.240 e. The SMILES string of the molecule is O=S(=O)(NCCCc1ccccc1)c1ccc(Oc2ccccc2)cc1. The zero-order chi connectivity index (χ0) is 18.2. The zero-order valence-corrected chi connectivity index (χ0v) is 15.2. The van der Waals surface area contributed by atoms with Gasteiger partial charge < -0.3 is 4.74 Å². The van der Waals surface area contributed by atoms with E-state index in [1.807, 2.05) is 60.7 Å². The summed E-state index contributed by atoms with van der Waals surface area (Å²) in [5.74, 6) is 1.31. The molecule has 3 aromatic carbocycles. The lowest BCUT2D eigenvalue weighted by molar-refractivity contribution is 0.482. The van der Waals surface area contributed by atoms with E-state index >= 15 is 0 Å². The van der Waals surface area contributed by atoms with Gasteiger partial charge in [0.25, 0.3) is 0 Å². The predicted molar refractivity (Wildman–Crippen MR) is 103 cm³/mol. The number of nitrogens with one attached hydrogen (secondary N) is 1. The third-order valence-electron chi connectivity index (χ3n) is 3.89. The molecule has 0 atom stereocenters. The average Bonchev–Trinajstić information content (AvgIpc) is 2.67. The van der Waals surface area contributed by atoms with E-state index in [2.05, 4.69) is 4.72 Å². The molecular formula is C21H21NO3S. The first kappa shape index (κ1) is 18.2. The normalized spacial score (nSPS) is 11.2. The number of ether oxygens (including phenoxy) is 1. The van der Waals surface area contributed by atoms with E-state index in [0.717, 1.165) is 12.8 Å². The van der Waals surface area contributed by atoms with E-state index in [4.69, 9.17) is 4.74 Å². The van der Waals surface area contributed by atoms with Gasteiger partial charge in [-0.3, -0.25) is 0 Å². The monoisotopic (exact) mass is 367 g/mol. The van der Waals surface area contributed by atoms with Crippen LogP contribution in [0.3, 0.4) is 0 Å². The third-order valence-corrected chi connectivity index (χ3v) is 5.37. The van der Waals surface area contributed by atoms with Crippen molar-refractivity contribution in [2.24, 2.45) is 0 Å². The van der Waals surface area contributed by atoms with Crippen molar-refractivity contribution >= 4 is 10.0 Å². The van der Waals surface area contributed by atoms with Gasteiger partial charge >= 0.3 is 0 Å². The minimum atomic E-state index is -3.51. The molecular weight excluding hydrogens is 346 g/mol. The second kappa shape index (κ2) is 8.65. The van der Waals surface area contributed by atoms with Crippen LogP contribution in [0.4, 0.5) is 0 Å². The van der Waals surface area contributed by atoms with Crippen LogP contribution >= 0.6 is 0 Å². The molecule has 0 radical (unpaired) electrons. The Kier molecular flexibility index (Phi) is 6.04. The first-order valence-electron chi connectivity index (χ1n) is 8.50. The fourth-order valence-electron chi connectivity index (χ4n) is 2.54. The highest BCUT2D eigenvalue weighted by Gasteiger charge is 2.13. The highest BCUT2D eigenvalue weighted by Crippen LogP contribution is 2.22. The molecule has 0 spiro atoms. The van der Waals surface area contributed by atoms with Crippen molar-refractivity contribution in [3.05, 3.63) is 90.5 Å². The van der Waals surface area contributed by atoms with Crippen LogP contribution in [0.2, 0.25) is 0 Å². The Hall–Kier alpha value is -2.63. The van der Waals surface area contributed by atoms with Crippen molar-refractivity contribution in [1.82, 2.24) is 4.72 Å². The standard InChI is InChI=1S/C21H21NO3S/c23-26(24,22-17-7-10-18-8-3-1-4-9-18)21-15-13-20(14-16-21)25-19-11-5-2-6-12-19/h1-6,8-9,11-16,22H,7,10,17H2. The van der Waals surface area contributed by atoms with E-state index in [0.29, 0.717) is 18.0 Å². The van der Waals surface area contributed by atoms with Crippen molar-refractivity contribution < 1.29 is 13.2 Å². The lowest BCUT2D eigenvalue weighted by atomic mass is 10.1. The van der Waals surface area contributed by atoms with Gasteiger partial charge in [-0.2, -0.15) is 0 Å². The van der Waals surface area contributed by atoms with Gasteiger partial charge in [0.05, 0.1) is 4.90 Å². The summed E-state index contributed by atoms with van der Waals surface area (Å²) in [6.45, 7) is 0.402. The number of rotatable bonds is 8. The summed E-state index contributed by atoms with van der Waals surface area (Å²) in [7, 11) is -3.51. The van der Waals surface area contributed by atoms with Crippen LogP contribution in [0.15, 0.2) is 89.8 Å². The van der Waals surface area contributed by atoms with Crippen LogP contribution in [-0.2, 0) is 16.4 Å². The lowest BCUT2D eigenvalue weighted by Crippen LogP contribution is -2.25. The topological polar surface area (TPSA) is 55.4 Å². The molecule has 5 heteroatoms. The van der Waals surface area contributed by atoms with Gasteiger partial charge in [0, 0.05) is 6.54 Å². The van der Waals surface area contributed by atoms with Crippen molar-refractivity contribution in [3.8, 4) is 11.5 Å². The first-order valence-corrected chi connectivity index (χ1v) is 9.98. The molecule has 0 aliphatic rings. The molecule has 0 aliphatic heterocycles. The summed E-state index contributed by atoms with van der Waals surface area (Å²) in [6.07, 6.45) is 1.59. The van der Waals surface area contributed by atoms with Crippen LogP contribution in [0, 0.1) is 0 Å². The molecule has 0 aromatic heterocycles. The van der Waals surface area contributed by atoms with Crippen LogP contribution in [-0.4, -0.2) is 15.0 Å². The van der Waals surface area contributed by atoms with Crippen molar-refractivity contribution in [3.63, 3.8) is 0 Å². The van der Waals surface area contributed by atoms with Gasteiger partial charge in [0.1, 0.15) is 11.5 Å². The van der Waals surface area contributed by atoms with Crippen molar-refractivity contribution in [2.75, 3.05) is 6.54 Å². The van der Waals surface area contributed by atoms with Gasteiger partial charge in [-0.1, -0.05) is 48.5 Å². The summed E-state index contributed by atoms with van der Waals surface area (Å²) in [5.41, 5.74) is 1.20. The number of aryl methyl sites for hydroxylation is 1. The highest BCUT2D eigenvalue weighted by molar-refractivity contribution is 7.89. The molecule has 0 heterocycles. The molecule has 1 N–H and O–H groups in total. The number of para-hydroxylation sites is 1. The maximum Gasteiger partial charge on any atom is 0.240 e. The summed E-state index contributed by atoms with van der Waals surface area (Å²) in [5, 5.41) is 0. The molecule has 0 saturated carbocycles. The minimum absolute atomic E-state index is 0.234. The van der Waals surface area contributed by atoms with Crippen molar-refractivity contribution in [2.45, 2.75) is 17.7 Å². The van der Waals surface area contributed by atoms with Gasteiger partial charge in [0.15, 0.2) is 0 Å². The Morgan fingerprint density at radius 1 is 0.731 bits per heavy atom. The van der Waals surface area contributed by atoms with Gasteiger partial charge in [-0.25, -0.2) is 13.1 Å². The molecule has 3 aromatic rings. The maximum atomic E-state index is 12.4. The second-order valence-electron chi connectivity index (χ2n) is 5.87. The van der Waals surface area contributed by atoms with Gasteiger partial charge in [-0.15, -0.1) is 0 Å². The van der Waals surface area contributed by atoms with Gasteiger partial charge in [0.2, 0.25) is 10.0 Å². The predicted octanol–water partition coefficient (Wildman–Crippen LogP) is 4.39. The molecule has 134 valence electrons. The Morgan fingerprint density at radius 2 is 1.31 bits per heavy atom. The van der Waals surface area contributed by atoms with E-state index in [1.54, 1.807) is 24.3 Å². The number of sulfonamides is 1. The molecule has 0 fully saturated rings. The van der Waals surface area contributed by atoms with Crippen LogP contribution in [0.25, 0.3) is 0 Å². The van der Waals surface area contributed by atoms with Crippen LogP contribution < -0.4 is 9.46 Å². The van der Waals surface area contributed by atoms with Crippen LogP contribution in [0.5, 0.6) is 11.5 Å². The first-order chi connectivity index (χ1) is 12.6. The van der Waals surface area contributed by atoms with Gasteiger partial charge in [-0.05, 0) is 54.8 Å².